The molecule has 6 nitrogen and oxygen atoms in total. The van der Waals surface area contributed by atoms with Gasteiger partial charge in [-0.3, -0.25) is 19.8 Å². The van der Waals surface area contributed by atoms with Crippen LogP contribution in [-0.4, -0.2) is 28.2 Å². The fraction of sp³-hybridized carbons (Fsp3) is 0.227. The van der Waals surface area contributed by atoms with Crippen molar-refractivity contribution >= 4 is 17.6 Å². The number of hydrogen-bond donors (Lipinski definition) is 2. The number of carbonyl (C=O) groups excluding carboxylic acids is 1. The van der Waals surface area contributed by atoms with E-state index in [-0.39, 0.29) is 5.56 Å². The number of nitrogens with zero attached hydrogens (tertiary/aromatic N) is 3. The lowest BCUT2D eigenvalue weighted by molar-refractivity contribution is 0.0976. The molecule has 0 saturated carbocycles. The number of para-hydroxylation sites is 1. The van der Waals surface area contributed by atoms with E-state index in [1.807, 2.05) is 55.9 Å². The van der Waals surface area contributed by atoms with Gasteiger partial charge in [-0.05, 0) is 56.2 Å². The Morgan fingerprint density at radius 3 is 2.55 bits per heavy atom. The summed E-state index contributed by atoms with van der Waals surface area (Å²) in [6, 6.07) is 15.0. The Bertz CT molecular complexity index is 1030. The molecule has 0 fully saturated rings. The van der Waals surface area contributed by atoms with Crippen LogP contribution in [0.5, 0.6) is 0 Å². The van der Waals surface area contributed by atoms with Crippen LogP contribution >= 0.6 is 0 Å². The van der Waals surface area contributed by atoms with E-state index in [4.69, 9.17) is 0 Å². The number of halogens is 1. The molecule has 0 spiro atoms. The normalized spacial score (nSPS) is 11.4. The van der Waals surface area contributed by atoms with Gasteiger partial charge in [-0.25, -0.2) is 4.39 Å². The van der Waals surface area contributed by atoms with E-state index >= 15 is 0 Å². The van der Waals surface area contributed by atoms with Gasteiger partial charge >= 0.3 is 0 Å². The first-order valence-electron chi connectivity index (χ1n) is 9.36. The Kier molecular flexibility index (Phi) is 6.39. The predicted molar refractivity (Wildman–Crippen MR) is 113 cm³/mol. The molecule has 0 radical (unpaired) electrons. The lowest BCUT2D eigenvalue weighted by Gasteiger charge is -2.12. The zero-order chi connectivity index (χ0) is 20.8. The van der Waals surface area contributed by atoms with E-state index in [1.165, 1.54) is 18.2 Å². The molecule has 0 aliphatic rings. The Morgan fingerprint density at radius 2 is 1.90 bits per heavy atom. The van der Waals surface area contributed by atoms with Gasteiger partial charge in [-0.1, -0.05) is 24.3 Å². The molecule has 29 heavy (non-hydrogen) atoms. The molecular weight excluding hydrogens is 369 g/mol. The largest absolute Gasteiger partial charge is 0.326 e. The van der Waals surface area contributed by atoms with Crippen molar-refractivity contribution < 1.29 is 9.18 Å². The molecule has 7 heteroatoms. The maximum absolute atomic E-state index is 13.4. The van der Waals surface area contributed by atoms with Crippen LogP contribution < -0.4 is 10.6 Å². The highest BCUT2D eigenvalue weighted by molar-refractivity contribution is 6.09. The summed E-state index contributed by atoms with van der Waals surface area (Å²) in [4.78, 5) is 17.1. The summed E-state index contributed by atoms with van der Waals surface area (Å²) < 4.78 is 15.3. The summed E-state index contributed by atoms with van der Waals surface area (Å²) in [7, 11) is 1.91. The van der Waals surface area contributed by atoms with Gasteiger partial charge in [0.15, 0.2) is 0 Å². The smallest absolute Gasteiger partial charge is 0.258 e. The van der Waals surface area contributed by atoms with Crippen LogP contribution in [0, 0.1) is 19.7 Å². The first-order chi connectivity index (χ1) is 13.9. The highest BCUT2D eigenvalue weighted by Crippen LogP contribution is 2.13. The van der Waals surface area contributed by atoms with Crippen LogP contribution in [-0.2, 0) is 13.5 Å². The van der Waals surface area contributed by atoms with Crippen molar-refractivity contribution in [2.75, 3.05) is 11.9 Å². The molecule has 3 aromatic rings. The van der Waals surface area contributed by atoms with Gasteiger partial charge in [-0.2, -0.15) is 5.10 Å². The van der Waals surface area contributed by atoms with Gasteiger partial charge in [0, 0.05) is 30.5 Å². The van der Waals surface area contributed by atoms with Crippen molar-refractivity contribution in [1.29, 1.82) is 0 Å². The van der Waals surface area contributed by atoms with Gasteiger partial charge in [0.1, 0.15) is 5.82 Å². The fourth-order valence-electron chi connectivity index (χ4n) is 3.04. The molecule has 0 atom stereocenters. The van der Waals surface area contributed by atoms with Gasteiger partial charge in [-0.15, -0.1) is 0 Å². The summed E-state index contributed by atoms with van der Waals surface area (Å²) in [5.41, 5.74) is 4.23. The van der Waals surface area contributed by atoms with Gasteiger partial charge < -0.3 is 5.32 Å². The Hall–Kier alpha value is -3.48. The molecule has 1 heterocycles. The summed E-state index contributed by atoms with van der Waals surface area (Å²) in [5, 5.41) is 10.3. The highest BCUT2D eigenvalue weighted by atomic mass is 19.1. The number of amides is 1. The first kappa shape index (κ1) is 20.3. The number of aliphatic imine (C=N–C) groups is 1. The number of nitrogens with one attached hydrogen (secondary N) is 2. The quantitative estimate of drug-likeness (QED) is 0.514. The highest BCUT2D eigenvalue weighted by Gasteiger charge is 2.12. The molecular formula is C22H24FN5O. The van der Waals surface area contributed by atoms with Gasteiger partial charge in [0.2, 0.25) is 5.96 Å². The second-order valence-corrected chi connectivity index (χ2v) is 6.71. The molecule has 0 aliphatic heterocycles. The van der Waals surface area contributed by atoms with E-state index in [9.17, 15) is 9.18 Å². The molecule has 2 aromatic carbocycles. The lowest BCUT2D eigenvalue weighted by atomic mass is 10.1. The summed E-state index contributed by atoms with van der Waals surface area (Å²) in [5.74, 6) is -0.584. The number of hydrogen-bond acceptors (Lipinski definition) is 3. The van der Waals surface area contributed by atoms with Gasteiger partial charge in [0.05, 0.1) is 5.69 Å². The number of aryl methyl sites for hydroxylation is 2. The fourth-order valence-corrected chi connectivity index (χ4v) is 3.04. The molecule has 2 N–H and O–H groups in total. The van der Waals surface area contributed by atoms with E-state index in [0.717, 1.165) is 22.6 Å². The summed E-state index contributed by atoms with van der Waals surface area (Å²) in [6.45, 7) is 4.46. The van der Waals surface area contributed by atoms with Crippen LogP contribution in [0.4, 0.5) is 10.1 Å². The Balaban J connectivity index is 1.76. The van der Waals surface area contributed by atoms with Crippen molar-refractivity contribution in [3.63, 3.8) is 0 Å². The van der Waals surface area contributed by atoms with E-state index in [1.54, 1.807) is 6.07 Å². The molecule has 0 aliphatic carbocycles. The third kappa shape index (κ3) is 5.28. The Morgan fingerprint density at radius 1 is 1.14 bits per heavy atom. The molecule has 150 valence electrons. The monoisotopic (exact) mass is 393 g/mol. The van der Waals surface area contributed by atoms with Crippen molar-refractivity contribution in [2.45, 2.75) is 20.3 Å². The molecule has 0 saturated heterocycles. The number of guanidine groups is 1. The minimum Gasteiger partial charge on any atom is -0.326 e. The topological polar surface area (TPSA) is 71.3 Å². The molecule has 0 bridgehead atoms. The summed E-state index contributed by atoms with van der Waals surface area (Å²) >= 11 is 0. The average Bonchev–Trinajstić information content (AvgIpc) is 2.94. The molecule has 0 unspecified atom stereocenters. The third-order valence-electron chi connectivity index (χ3n) is 4.65. The van der Waals surface area contributed by atoms with Crippen LogP contribution in [0.3, 0.4) is 0 Å². The Labute approximate surface area is 169 Å². The van der Waals surface area contributed by atoms with Crippen molar-refractivity contribution in [2.24, 2.45) is 12.0 Å². The van der Waals surface area contributed by atoms with Gasteiger partial charge in [0.25, 0.3) is 5.91 Å². The van der Waals surface area contributed by atoms with Crippen LogP contribution in [0.2, 0.25) is 0 Å². The number of aromatic nitrogens is 2. The predicted octanol–water partition coefficient (Wildman–Crippen LogP) is 3.62. The van der Waals surface area contributed by atoms with E-state index in [0.29, 0.717) is 18.9 Å². The van der Waals surface area contributed by atoms with Crippen molar-refractivity contribution in [3.8, 4) is 0 Å². The van der Waals surface area contributed by atoms with E-state index < -0.39 is 11.7 Å². The number of rotatable bonds is 5. The zero-order valence-corrected chi connectivity index (χ0v) is 16.7. The third-order valence-corrected chi connectivity index (χ3v) is 4.65. The first-order valence-corrected chi connectivity index (χ1v) is 9.36. The molecule has 1 amide bonds. The van der Waals surface area contributed by atoms with Crippen LogP contribution in [0.25, 0.3) is 0 Å². The second kappa shape index (κ2) is 9.14. The number of anilines is 1. The number of carbonyl (C=O) groups is 1. The standard InChI is InChI=1S/C22H24FN5O/c1-15-20(16(2)28(3)27-15)12-13-24-22(25-19-10-5-4-6-11-19)26-21(29)17-8-7-9-18(23)14-17/h4-11,14H,12-13H2,1-3H3,(H2,24,25,26,29). The second-order valence-electron chi connectivity index (χ2n) is 6.71. The number of benzene rings is 2. The SMILES string of the molecule is Cc1nn(C)c(C)c1CCN=C(NC(=O)c1cccc(F)c1)Nc1ccccc1. The lowest BCUT2D eigenvalue weighted by Crippen LogP contribution is -2.36. The maximum Gasteiger partial charge on any atom is 0.258 e. The average molecular weight is 393 g/mol. The van der Waals surface area contributed by atoms with Crippen molar-refractivity contribution in [1.82, 2.24) is 15.1 Å². The maximum atomic E-state index is 13.4. The van der Waals surface area contributed by atoms with Crippen molar-refractivity contribution in [3.05, 3.63) is 82.9 Å². The van der Waals surface area contributed by atoms with Crippen LogP contribution in [0.15, 0.2) is 59.6 Å². The summed E-state index contributed by atoms with van der Waals surface area (Å²) in [6.07, 6.45) is 0.696. The molecule has 1 aromatic heterocycles. The minimum absolute atomic E-state index is 0.228. The van der Waals surface area contributed by atoms with Crippen LogP contribution in [0.1, 0.15) is 27.3 Å². The minimum atomic E-state index is -0.463. The van der Waals surface area contributed by atoms with E-state index in [2.05, 4.69) is 20.7 Å². The molecule has 3 rings (SSSR count). The zero-order valence-electron chi connectivity index (χ0n) is 16.7.